The molecule has 3 atom stereocenters. The predicted molar refractivity (Wildman–Crippen MR) is 111 cm³/mol. The SMILES string of the molecule is COC1CS(=O)(=O)CC1NCC(=O)N1CCCC(c2c(C)c(=O)nc3n2CCC3)C1. The lowest BCUT2D eigenvalue weighted by Crippen LogP contribution is -2.48. The highest BCUT2D eigenvalue weighted by molar-refractivity contribution is 7.91. The lowest BCUT2D eigenvalue weighted by molar-refractivity contribution is -0.131. The average Bonchev–Trinajstić information content (AvgIpc) is 3.29. The van der Waals surface area contributed by atoms with Crippen molar-refractivity contribution in [3.63, 3.8) is 0 Å². The van der Waals surface area contributed by atoms with Gasteiger partial charge in [-0.1, -0.05) is 0 Å². The molecule has 2 saturated heterocycles. The lowest BCUT2D eigenvalue weighted by Gasteiger charge is -2.35. The molecule has 0 saturated carbocycles. The molecule has 3 aliphatic rings. The molecule has 30 heavy (non-hydrogen) atoms. The molecule has 3 unspecified atom stereocenters. The number of likely N-dealkylation sites (tertiary alicyclic amines) is 1. The van der Waals surface area contributed by atoms with E-state index >= 15 is 0 Å². The first-order chi connectivity index (χ1) is 14.3. The monoisotopic (exact) mass is 438 g/mol. The number of hydrogen-bond donors (Lipinski definition) is 1. The second kappa shape index (κ2) is 8.39. The minimum Gasteiger partial charge on any atom is -0.379 e. The Morgan fingerprint density at radius 2 is 2.07 bits per heavy atom. The van der Waals surface area contributed by atoms with E-state index in [1.54, 1.807) is 0 Å². The zero-order valence-corrected chi connectivity index (χ0v) is 18.4. The number of hydrogen-bond acceptors (Lipinski definition) is 7. The lowest BCUT2D eigenvalue weighted by atomic mass is 9.91. The number of aromatic nitrogens is 2. The van der Waals surface area contributed by atoms with Crippen molar-refractivity contribution in [1.82, 2.24) is 19.8 Å². The van der Waals surface area contributed by atoms with Crippen LogP contribution in [0.4, 0.5) is 0 Å². The van der Waals surface area contributed by atoms with Crippen LogP contribution in [0.25, 0.3) is 0 Å². The first kappa shape index (κ1) is 21.5. The first-order valence-corrected chi connectivity index (χ1v) is 12.5. The summed E-state index contributed by atoms with van der Waals surface area (Å²) in [7, 11) is -1.64. The minimum atomic E-state index is -3.14. The Bertz CT molecular complexity index is 990. The molecule has 3 aliphatic heterocycles. The van der Waals surface area contributed by atoms with Crippen LogP contribution >= 0.6 is 0 Å². The van der Waals surface area contributed by atoms with Gasteiger partial charge in [0.25, 0.3) is 5.56 Å². The number of methoxy groups -OCH3 is 1. The fourth-order valence-electron chi connectivity index (χ4n) is 5.07. The zero-order valence-electron chi connectivity index (χ0n) is 17.6. The van der Waals surface area contributed by atoms with Gasteiger partial charge in [-0.15, -0.1) is 0 Å². The summed E-state index contributed by atoms with van der Waals surface area (Å²) in [6.07, 6.45) is 3.21. The number of rotatable bonds is 5. The Labute approximate surface area is 176 Å². The van der Waals surface area contributed by atoms with E-state index in [0.717, 1.165) is 43.7 Å². The third-order valence-electron chi connectivity index (χ3n) is 6.60. The fourth-order valence-corrected chi connectivity index (χ4v) is 6.95. The zero-order chi connectivity index (χ0) is 21.5. The van der Waals surface area contributed by atoms with Crippen LogP contribution in [0, 0.1) is 6.92 Å². The number of carbonyl (C=O) groups excluding carboxylic acids is 1. The topological polar surface area (TPSA) is 111 Å². The number of aryl methyl sites for hydroxylation is 1. The number of amides is 1. The number of ether oxygens (including phenoxy) is 1. The molecule has 1 N–H and O–H groups in total. The molecule has 0 aliphatic carbocycles. The summed E-state index contributed by atoms with van der Waals surface area (Å²) >= 11 is 0. The maximum Gasteiger partial charge on any atom is 0.276 e. The van der Waals surface area contributed by atoms with Gasteiger partial charge in [0.2, 0.25) is 5.91 Å². The molecule has 166 valence electrons. The smallest absolute Gasteiger partial charge is 0.276 e. The van der Waals surface area contributed by atoms with E-state index in [0.29, 0.717) is 18.7 Å². The maximum atomic E-state index is 12.9. The molecule has 0 aromatic carbocycles. The number of nitrogens with one attached hydrogen (secondary N) is 1. The van der Waals surface area contributed by atoms with Crippen molar-refractivity contribution in [1.29, 1.82) is 0 Å². The Hall–Kier alpha value is -1.78. The summed E-state index contributed by atoms with van der Waals surface area (Å²) < 4.78 is 31.2. The number of piperidine rings is 1. The molecule has 1 amide bonds. The normalized spacial score (nSPS) is 27.9. The van der Waals surface area contributed by atoms with Crippen LogP contribution in [-0.4, -0.2) is 79.2 Å². The molecule has 0 radical (unpaired) electrons. The second-order valence-corrected chi connectivity index (χ2v) is 10.8. The summed E-state index contributed by atoms with van der Waals surface area (Å²) in [5.74, 6) is 0.914. The Balaban J connectivity index is 1.44. The predicted octanol–water partition coefficient (Wildman–Crippen LogP) is -0.394. The number of sulfone groups is 1. The van der Waals surface area contributed by atoms with Gasteiger partial charge in [-0.3, -0.25) is 9.59 Å². The van der Waals surface area contributed by atoms with Crippen molar-refractivity contribution in [3.8, 4) is 0 Å². The van der Waals surface area contributed by atoms with Gasteiger partial charge in [-0.25, -0.2) is 8.42 Å². The van der Waals surface area contributed by atoms with Crippen LogP contribution in [-0.2, 0) is 32.3 Å². The summed E-state index contributed by atoms with van der Waals surface area (Å²) in [5, 5.41) is 3.09. The van der Waals surface area contributed by atoms with Gasteiger partial charge in [0.05, 0.1) is 24.2 Å². The largest absolute Gasteiger partial charge is 0.379 e. The van der Waals surface area contributed by atoms with E-state index < -0.39 is 15.9 Å². The minimum absolute atomic E-state index is 0.00727. The number of fused-ring (bicyclic) bond motifs is 1. The summed E-state index contributed by atoms with van der Waals surface area (Å²) in [4.78, 5) is 31.3. The van der Waals surface area contributed by atoms with E-state index in [-0.39, 0.29) is 41.5 Å². The van der Waals surface area contributed by atoms with Crippen molar-refractivity contribution in [2.45, 2.75) is 57.2 Å². The van der Waals surface area contributed by atoms with Crippen LogP contribution in [0.15, 0.2) is 4.79 Å². The first-order valence-electron chi connectivity index (χ1n) is 10.6. The van der Waals surface area contributed by atoms with Crippen molar-refractivity contribution in [3.05, 3.63) is 27.4 Å². The summed E-state index contributed by atoms with van der Waals surface area (Å²) in [6, 6.07) is -0.367. The summed E-state index contributed by atoms with van der Waals surface area (Å²) in [6.45, 7) is 4.04. The standard InChI is InChI=1S/C20H30N4O5S/c1-13-19(24-8-4-6-17(24)22-20(13)26)14-5-3-7-23(10-14)18(25)9-21-15-11-30(27,28)12-16(15)29-2/h14-16,21H,3-12H2,1-2H3. The van der Waals surface area contributed by atoms with Gasteiger partial charge < -0.3 is 19.5 Å². The number of carbonyl (C=O) groups is 1. The number of nitrogens with zero attached hydrogens (tertiary/aromatic N) is 3. The molecule has 1 aromatic rings. The van der Waals surface area contributed by atoms with E-state index in [1.165, 1.54) is 7.11 Å². The average molecular weight is 439 g/mol. The molecule has 10 heteroatoms. The highest BCUT2D eigenvalue weighted by atomic mass is 32.2. The Kier molecular flexibility index (Phi) is 6.00. The highest BCUT2D eigenvalue weighted by Gasteiger charge is 2.38. The van der Waals surface area contributed by atoms with Crippen molar-refractivity contribution >= 4 is 15.7 Å². The van der Waals surface area contributed by atoms with Gasteiger partial charge in [-0.2, -0.15) is 4.98 Å². The van der Waals surface area contributed by atoms with Crippen molar-refractivity contribution < 1.29 is 17.9 Å². The van der Waals surface area contributed by atoms with Gasteiger partial charge >= 0.3 is 0 Å². The third-order valence-corrected chi connectivity index (χ3v) is 8.30. The molecule has 4 heterocycles. The van der Waals surface area contributed by atoms with Crippen molar-refractivity contribution in [2.75, 3.05) is 38.2 Å². The molecule has 1 aromatic heterocycles. The Morgan fingerprint density at radius 1 is 1.27 bits per heavy atom. The van der Waals surface area contributed by atoms with Crippen LogP contribution < -0.4 is 10.9 Å². The van der Waals surface area contributed by atoms with E-state index in [4.69, 9.17) is 4.74 Å². The van der Waals surface area contributed by atoms with E-state index in [9.17, 15) is 18.0 Å². The molecular formula is C20H30N4O5S. The van der Waals surface area contributed by atoms with Crippen LogP contribution in [0.3, 0.4) is 0 Å². The van der Waals surface area contributed by atoms with Crippen LogP contribution in [0.5, 0.6) is 0 Å². The maximum absolute atomic E-state index is 12.9. The van der Waals surface area contributed by atoms with Crippen LogP contribution in [0.2, 0.25) is 0 Å². The van der Waals surface area contributed by atoms with Gasteiger partial charge in [0.1, 0.15) is 5.82 Å². The highest BCUT2D eigenvalue weighted by Crippen LogP contribution is 2.30. The van der Waals surface area contributed by atoms with Gasteiger partial charge in [0.15, 0.2) is 9.84 Å². The Morgan fingerprint density at radius 3 is 2.83 bits per heavy atom. The quantitative estimate of drug-likeness (QED) is 0.666. The molecule has 9 nitrogen and oxygen atoms in total. The molecule has 0 bridgehead atoms. The van der Waals surface area contributed by atoms with Crippen LogP contribution in [0.1, 0.15) is 42.3 Å². The molecule has 4 rings (SSSR count). The molecular weight excluding hydrogens is 408 g/mol. The third kappa shape index (κ3) is 4.17. The van der Waals surface area contributed by atoms with Gasteiger partial charge in [-0.05, 0) is 26.2 Å². The summed E-state index contributed by atoms with van der Waals surface area (Å²) in [5.41, 5.74) is 1.57. The van der Waals surface area contributed by atoms with Gasteiger partial charge in [0, 0.05) is 56.4 Å². The van der Waals surface area contributed by atoms with Crippen molar-refractivity contribution in [2.24, 2.45) is 0 Å². The second-order valence-electron chi connectivity index (χ2n) is 8.62. The molecule has 2 fully saturated rings. The fraction of sp³-hybridized carbons (Fsp3) is 0.750. The van der Waals surface area contributed by atoms with E-state index in [1.807, 2.05) is 11.8 Å². The molecule has 0 spiro atoms. The van der Waals surface area contributed by atoms with E-state index in [2.05, 4.69) is 14.9 Å².